The van der Waals surface area contributed by atoms with Crippen LogP contribution in [0.2, 0.25) is 0 Å². The molecule has 4 N–H and O–H groups in total. The predicted molar refractivity (Wildman–Crippen MR) is 107 cm³/mol. The smallest absolute Gasteiger partial charge is 0.410 e. The third-order valence-corrected chi connectivity index (χ3v) is 4.00. The van der Waals surface area contributed by atoms with E-state index in [9.17, 15) is 14.4 Å². The molecule has 2 aromatic heterocycles. The molecule has 0 aliphatic rings. The number of nitrogens with one attached hydrogen (secondary N) is 2. The van der Waals surface area contributed by atoms with Crippen LogP contribution in [0.15, 0.2) is 11.1 Å². The molecule has 0 radical (unpaired) electrons. The molecule has 0 spiro atoms. The van der Waals surface area contributed by atoms with Gasteiger partial charge in [-0.3, -0.25) is 19.7 Å². The molecule has 30 heavy (non-hydrogen) atoms. The normalized spacial score (nSPS) is 13.8. The third-order valence-electron chi connectivity index (χ3n) is 4.00. The number of H-pyrrole nitrogens is 1. The number of fused-ring (bicyclic) bond motifs is 1. The first-order valence-corrected chi connectivity index (χ1v) is 9.42. The zero-order valence-corrected chi connectivity index (χ0v) is 17.9. The second-order valence-corrected chi connectivity index (χ2v) is 7.85. The zero-order chi connectivity index (χ0) is 22.7. The number of imidazole rings is 1. The Hall–Kier alpha value is -3.15. The van der Waals surface area contributed by atoms with Gasteiger partial charge in [-0.25, -0.2) is 14.6 Å². The fourth-order valence-electron chi connectivity index (χ4n) is 2.62. The number of ether oxygens (including phenoxy) is 3. The van der Waals surface area contributed by atoms with Crippen LogP contribution in [-0.4, -0.2) is 49.5 Å². The first-order valence-electron chi connectivity index (χ1n) is 9.42. The second-order valence-electron chi connectivity index (χ2n) is 7.85. The van der Waals surface area contributed by atoms with Gasteiger partial charge in [-0.05, 0) is 27.7 Å². The molecule has 12 heteroatoms. The van der Waals surface area contributed by atoms with Crippen LogP contribution in [0, 0.1) is 5.92 Å². The molecule has 0 saturated carbocycles. The number of alkyl carbamates (subject to hydrolysis) is 1. The molecular formula is C18H28N6O6. The fourth-order valence-corrected chi connectivity index (χ4v) is 2.62. The molecule has 2 rings (SSSR count). The van der Waals surface area contributed by atoms with Crippen LogP contribution < -0.4 is 16.6 Å². The molecule has 0 bridgehead atoms. The lowest BCUT2D eigenvalue weighted by Gasteiger charge is -2.36. The van der Waals surface area contributed by atoms with Crippen LogP contribution >= 0.6 is 0 Å². The molecule has 2 heterocycles. The SMILES string of the molecule is CCOC(=O)[C@](NC(=O)OC(C)(C)C)(OCn1cnc2c(=O)[nH]c(N)nc21)C(C)C. The van der Waals surface area contributed by atoms with Crippen LogP contribution in [0.4, 0.5) is 10.7 Å². The Kier molecular flexibility index (Phi) is 6.70. The summed E-state index contributed by atoms with van der Waals surface area (Å²) in [5.74, 6) is -1.43. The van der Waals surface area contributed by atoms with Crippen LogP contribution in [0.1, 0.15) is 41.5 Å². The highest BCUT2D eigenvalue weighted by molar-refractivity contribution is 5.84. The first-order chi connectivity index (χ1) is 13.9. The van der Waals surface area contributed by atoms with Crippen molar-refractivity contribution in [1.29, 1.82) is 0 Å². The Balaban J connectivity index is 2.38. The number of hydrogen-bond acceptors (Lipinski definition) is 9. The molecule has 0 fully saturated rings. The summed E-state index contributed by atoms with van der Waals surface area (Å²) in [6.07, 6.45) is 0.467. The van der Waals surface area contributed by atoms with Gasteiger partial charge in [0.05, 0.1) is 12.9 Å². The van der Waals surface area contributed by atoms with E-state index in [0.29, 0.717) is 0 Å². The molecule has 12 nitrogen and oxygen atoms in total. The molecule has 0 aliphatic carbocycles. The maximum absolute atomic E-state index is 12.8. The van der Waals surface area contributed by atoms with E-state index in [0.717, 1.165) is 0 Å². The number of carbonyl (C=O) groups is 2. The number of nitrogen functional groups attached to an aromatic ring is 1. The summed E-state index contributed by atoms with van der Waals surface area (Å²) in [4.78, 5) is 47.6. The summed E-state index contributed by atoms with van der Waals surface area (Å²) < 4.78 is 17.7. The van der Waals surface area contributed by atoms with Crippen molar-refractivity contribution in [3.05, 3.63) is 16.7 Å². The van der Waals surface area contributed by atoms with Gasteiger partial charge in [-0.15, -0.1) is 0 Å². The van der Waals surface area contributed by atoms with Gasteiger partial charge in [0.2, 0.25) is 11.7 Å². The molecular weight excluding hydrogens is 396 g/mol. The molecule has 0 aliphatic heterocycles. The zero-order valence-electron chi connectivity index (χ0n) is 17.9. The lowest BCUT2D eigenvalue weighted by molar-refractivity contribution is -0.192. The number of nitrogens with two attached hydrogens (primary N) is 1. The number of hydrogen-bond donors (Lipinski definition) is 3. The Morgan fingerprint density at radius 3 is 2.57 bits per heavy atom. The molecule has 1 atom stereocenters. The van der Waals surface area contributed by atoms with Gasteiger partial charge in [0.25, 0.3) is 5.56 Å². The highest BCUT2D eigenvalue weighted by atomic mass is 16.6. The lowest BCUT2D eigenvalue weighted by atomic mass is 9.99. The Bertz CT molecular complexity index is 976. The lowest BCUT2D eigenvalue weighted by Crippen LogP contribution is -2.61. The standard InChI is InChI=1S/C18H28N6O6/c1-7-28-14(26)18(10(2)3,23-16(27)30-17(4,5)6)29-9-24-8-20-11-12(24)21-15(19)22-13(11)25/h8,10H,7,9H2,1-6H3,(H,23,27)(H3,19,21,22,25)/t18-/m1/s1. The van der Waals surface area contributed by atoms with E-state index in [-0.39, 0.29) is 30.4 Å². The van der Waals surface area contributed by atoms with Crippen LogP contribution in [-0.2, 0) is 25.7 Å². The summed E-state index contributed by atoms with van der Waals surface area (Å²) in [5.41, 5.74) is 2.66. The van der Waals surface area contributed by atoms with Crippen molar-refractivity contribution >= 4 is 29.2 Å². The van der Waals surface area contributed by atoms with E-state index in [1.165, 1.54) is 10.9 Å². The minimum absolute atomic E-state index is 0.0548. The Morgan fingerprint density at radius 1 is 1.33 bits per heavy atom. The van der Waals surface area contributed by atoms with Gasteiger partial charge in [0.15, 0.2) is 11.2 Å². The molecule has 0 unspecified atom stereocenters. The molecule has 0 saturated heterocycles. The molecule has 2 aromatic rings. The third kappa shape index (κ3) is 5.06. The van der Waals surface area contributed by atoms with Gasteiger partial charge in [-0.1, -0.05) is 13.8 Å². The summed E-state index contributed by atoms with van der Waals surface area (Å²) in [5, 5.41) is 2.50. The molecule has 1 amide bonds. The Morgan fingerprint density at radius 2 is 2.00 bits per heavy atom. The largest absolute Gasteiger partial charge is 0.462 e. The van der Waals surface area contributed by atoms with E-state index in [4.69, 9.17) is 19.9 Å². The molecule has 166 valence electrons. The quantitative estimate of drug-likeness (QED) is 0.436. The van der Waals surface area contributed by atoms with Crippen molar-refractivity contribution in [2.45, 2.75) is 59.6 Å². The topological polar surface area (TPSA) is 163 Å². The van der Waals surface area contributed by atoms with E-state index in [2.05, 4.69) is 20.3 Å². The van der Waals surface area contributed by atoms with Crippen molar-refractivity contribution < 1.29 is 23.8 Å². The van der Waals surface area contributed by atoms with Crippen LogP contribution in [0.3, 0.4) is 0 Å². The van der Waals surface area contributed by atoms with Crippen molar-refractivity contribution in [1.82, 2.24) is 24.8 Å². The monoisotopic (exact) mass is 424 g/mol. The van der Waals surface area contributed by atoms with Crippen molar-refractivity contribution in [3.8, 4) is 0 Å². The van der Waals surface area contributed by atoms with Gasteiger partial charge in [-0.2, -0.15) is 4.98 Å². The van der Waals surface area contributed by atoms with Crippen molar-refractivity contribution in [2.24, 2.45) is 5.92 Å². The number of aromatic nitrogens is 4. The van der Waals surface area contributed by atoms with Crippen molar-refractivity contribution in [2.75, 3.05) is 12.3 Å². The number of esters is 1. The fraction of sp³-hybridized carbons (Fsp3) is 0.611. The molecule has 0 aromatic carbocycles. The van der Waals surface area contributed by atoms with Gasteiger partial charge in [0, 0.05) is 5.92 Å². The summed E-state index contributed by atoms with van der Waals surface area (Å²) in [6, 6.07) is 0. The number of amides is 1. The predicted octanol–water partition coefficient (Wildman–Crippen LogP) is 1.12. The first kappa shape index (κ1) is 23.1. The minimum Gasteiger partial charge on any atom is -0.462 e. The van der Waals surface area contributed by atoms with Gasteiger partial charge < -0.3 is 19.9 Å². The summed E-state index contributed by atoms with van der Waals surface area (Å²) in [7, 11) is 0. The van der Waals surface area contributed by atoms with Crippen LogP contribution in [0.25, 0.3) is 11.2 Å². The van der Waals surface area contributed by atoms with Crippen molar-refractivity contribution in [3.63, 3.8) is 0 Å². The Labute approximate surface area is 173 Å². The summed E-state index contributed by atoms with van der Waals surface area (Å²) in [6.45, 7) is 9.88. The summed E-state index contributed by atoms with van der Waals surface area (Å²) >= 11 is 0. The number of aromatic amines is 1. The highest BCUT2D eigenvalue weighted by Gasteiger charge is 2.47. The maximum Gasteiger partial charge on any atom is 0.410 e. The number of nitrogens with zero attached hydrogens (tertiary/aromatic N) is 3. The average molecular weight is 424 g/mol. The van der Waals surface area contributed by atoms with Gasteiger partial charge in [0.1, 0.15) is 12.3 Å². The second kappa shape index (κ2) is 8.69. The number of carbonyl (C=O) groups excluding carboxylic acids is 2. The number of anilines is 1. The van der Waals surface area contributed by atoms with Gasteiger partial charge >= 0.3 is 12.1 Å². The number of rotatable bonds is 7. The van der Waals surface area contributed by atoms with E-state index in [1.807, 2.05) is 0 Å². The minimum atomic E-state index is -1.86. The average Bonchev–Trinajstić information content (AvgIpc) is 3.00. The van der Waals surface area contributed by atoms with E-state index >= 15 is 0 Å². The van der Waals surface area contributed by atoms with E-state index < -0.39 is 34.9 Å². The van der Waals surface area contributed by atoms with Crippen LogP contribution in [0.5, 0.6) is 0 Å². The van der Waals surface area contributed by atoms with E-state index in [1.54, 1.807) is 41.5 Å². The maximum atomic E-state index is 12.8. The highest BCUT2D eigenvalue weighted by Crippen LogP contribution is 2.24.